The van der Waals surface area contributed by atoms with Crippen molar-refractivity contribution in [2.24, 2.45) is 0 Å². The third-order valence-electron chi connectivity index (χ3n) is 4.67. The fraction of sp³-hybridized carbons (Fsp3) is 0. The zero-order valence-corrected chi connectivity index (χ0v) is 14.5. The second-order valence-corrected chi connectivity index (χ2v) is 7.04. The molecule has 0 radical (unpaired) electrons. The van der Waals surface area contributed by atoms with Crippen LogP contribution in [0, 0.1) is 3.57 Å². The molecule has 0 fully saturated rings. The van der Waals surface area contributed by atoms with Crippen LogP contribution in [-0.4, -0.2) is 0 Å². The average Bonchev–Trinajstić information content (AvgIpc) is 2.61. The first kappa shape index (κ1) is 13.3. The van der Waals surface area contributed by atoms with Gasteiger partial charge in [-0.1, -0.05) is 72.8 Å². The van der Waals surface area contributed by atoms with E-state index in [1.807, 2.05) is 0 Å². The van der Waals surface area contributed by atoms with Crippen LogP contribution < -0.4 is 0 Å². The Morgan fingerprint density at radius 2 is 0.913 bits per heavy atom. The molecule has 0 saturated heterocycles. The van der Waals surface area contributed by atoms with Crippen molar-refractivity contribution in [2.45, 2.75) is 0 Å². The van der Waals surface area contributed by atoms with E-state index in [9.17, 15) is 0 Å². The Bertz CT molecular complexity index is 1120. The molecule has 0 bridgehead atoms. The van der Waals surface area contributed by atoms with E-state index >= 15 is 0 Å². The van der Waals surface area contributed by atoms with Gasteiger partial charge in [0.1, 0.15) is 0 Å². The van der Waals surface area contributed by atoms with Crippen molar-refractivity contribution < 1.29 is 0 Å². The Kier molecular flexibility index (Phi) is 2.86. The normalized spacial score (nSPS) is 11.7. The molecule has 5 rings (SSSR count). The Morgan fingerprint density at radius 1 is 0.478 bits per heavy atom. The van der Waals surface area contributed by atoms with Crippen LogP contribution in [0.2, 0.25) is 0 Å². The minimum absolute atomic E-state index is 1.30. The lowest BCUT2D eigenvalue weighted by Gasteiger charge is -2.12. The summed E-state index contributed by atoms with van der Waals surface area (Å²) in [6.07, 6.45) is 0. The van der Waals surface area contributed by atoms with Crippen molar-refractivity contribution in [1.29, 1.82) is 0 Å². The van der Waals surface area contributed by atoms with Crippen molar-refractivity contribution in [3.8, 4) is 0 Å². The van der Waals surface area contributed by atoms with E-state index in [1.165, 1.54) is 46.7 Å². The second kappa shape index (κ2) is 4.93. The number of hydrogen-bond donors (Lipinski definition) is 0. The molecule has 0 saturated carbocycles. The van der Waals surface area contributed by atoms with Crippen molar-refractivity contribution in [2.75, 3.05) is 0 Å². The van der Waals surface area contributed by atoms with Gasteiger partial charge in [0.15, 0.2) is 0 Å². The molecular weight excluding hydrogens is 391 g/mol. The van der Waals surface area contributed by atoms with Crippen LogP contribution in [0.25, 0.3) is 43.1 Å². The van der Waals surface area contributed by atoms with Crippen LogP contribution in [0.15, 0.2) is 78.9 Å². The van der Waals surface area contributed by atoms with E-state index in [4.69, 9.17) is 0 Å². The summed E-state index contributed by atoms with van der Waals surface area (Å²) in [5, 5.41) is 10.6. The van der Waals surface area contributed by atoms with E-state index in [2.05, 4.69) is 101 Å². The number of hydrogen-bond acceptors (Lipinski definition) is 0. The molecule has 0 atom stereocenters. The van der Waals surface area contributed by atoms with Crippen LogP contribution in [0.4, 0.5) is 0 Å². The number of rotatable bonds is 0. The highest BCUT2D eigenvalue weighted by molar-refractivity contribution is 14.1. The smallest absolute Gasteiger partial charge is 0.0299 e. The maximum atomic E-state index is 2.53. The highest BCUT2D eigenvalue weighted by Crippen LogP contribution is 2.37. The van der Waals surface area contributed by atoms with Crippen LogP contribution in [0.3, 0.4) is 0 Å². The van der Waals surface area contributed by atoms with Gasteiger partial charge >= 0.3 is 0 Å². The standard InChI is InChI=1S/C22H13I/c23-22-20-16(11-9-14-5-1-3-7-18(14)20)13-17-12-10-15-6-2-4-8-19(15)21(17)22/h1-13H. The highest BCUT2D eigenvalue weighted by Gasteiger charge is 2.11. The second-order valence-electron chi connectivity index (χ2n) is 5.96. The molecule has 5 aromatic rings. The Labute approximate surface area is 147 Å². The van der Waals surface area contributed by atoms with Crippen LogP contribution >= 0.6 is 22.6 Å². The number of halogens is 1. The summed E-state index contributed by atoms with van der Waals surface area (Å²) >= 11 is 2.53. The molecule has 5 aromatic carbocycles. The first-order valence-electron chi connectivity index (χ1n) is 7.74. The summed E-state index contributed by atoms with van der Waals surface area (Å²) in [6.45, 7) is 0. The van der Waals surface area contributed by atoms with Gasteiger partial charge in [-0.25, -0.2) is 0 Å². The predicted octanol–water partition coefficient (Wildman–Crippen LogP) is 6.90. The molecule has 1 heteroatoms. The minimum atomic E-state index is 1.30. The van der Waals surface area contributed by atoms with Gasteiger partial charge in [-0.2, -0.15) is 0 Å². The predicted molar refractivity (Wildman–Crippen MR) is 109 cm³/mol. The van der Waals surface area contributed by atoms with Gasteiger partial charge < -0.3 is 0 Å². The third-order valence-corrected chi connectivity index (χ3v) is 5.75. The zero-order valence-electron chi connectivity index (χ0n) is 12.4. The van der Waals surface area contributed by atoms with Crippen molar-refractivity contribution in [1.82, 2.24) is 0 Å². The minimum Gasteiger partial charge on any atom is -0.0616 e. The molecule has 0 heterocycles. The van der Waals surface area contributed by atoms with Crippen molar-refractivity contribution in [3.05, 3.63) is 82.4 Å². The van der Waals surface area contributed by atoms with E-state index in [0.29, 0.717) is 0 Å². The van der Waals surface area contributed by atoms with E-state index in [-0.39, 0.29) is 0 Å². The van der Waals surface area contributed by atoms with Crippen LogP contribution in [-0.2, 0) is 0 Å². The van der Waals surface area contributed by atoms with Crippen LogP contribution in [0.5, 0.6) is 0 Å². The molecule has 0 aliphatic rings. The number of fused-ring (bicyclic) bond motifs is 6. The Balaban J connectivity index is 2.11. The van der Waals surface area contributed by atoms with Gasteiger partial charge in [-0.3, -0.25) is 0 Å². The Hall–Kier alpha value is -2.13. The van der Waals surface area contributed by atoms with Crippen LogP contribution in [0.1, 0.15) is 0 Å². The van der Waals surface area contributed by atoms with Gasteiger partial charge in [-0.15, -0.1) is 0 Å². The molecule has 0 N–H and O–H groups in total. The van der Waals surface area contributed by atoms with Gasteiger partial charge in [0.25, 0.3) is 0 Å². The molecule has 0 spiro atoms. The summed E-state index contributed by atoms with van der Waals surface area (Å²) < 4.78 is 1.35. The summed E-state index contributed by atoms with van der Waals surface area (Å²) in [4.78, 5) is 0. The summed E-state index contributed by atoms with van der Waals surface area (Å²) in [6, 6.07) is 28.6. The van der Waals surface area contributed by atoms with Gasteiger partial charge in [0.05, 0.1) is 0 Å². The first-order valence-corrected chi connectivity index (χ1v) is 8.82. The van der Waals surface area contributed by atoms with Gasteiger partial charge in [-0.05, 0) is 61.0 Å². The van der Waals surface area contributed by atoms with E-state index in [1.54, 1.807) is 0 Å². The molecular formula is C22H13I. The number of benzene rings is 5. The fourth-order valence-electron chi connectivity index (χ4n) is 3.60. The quantitative estimate of drug-likeness (QED) is 0.150. The Morgan fingerprint density at radius 3 is 1.43 bits per heavy atom. The van der Waals surface area contributed by atoms with E-state index in [0.717, 1.165) is 0 Å². The topological polar surface area (TPSA) is 0 Å². The molecule has 0 aliphatic carbocycles. The first-order chi connectivity index (χ1) is 11.3. The lowest BCUT2D eigenvalue weighted by Crippen LogP contribution is -1.86. The molecule has 0 amide bonds. The summed E-state index contributed by atoms with van der Waals surface area (Å²) in [5.41, 5.74) is 0. The fourth-order valence-corrected chi connectivity index (χ4v) is 4.80. The average molecular weight is 404 g/mol. The molecule has 0 unspecified atom stereocenters. The third kappa shape index (κ3) is 1.89. The maximum absolute atomic E-state index is 2.53. The monoisotopic (exact) mass is 404 g/mol. The van der Waals surface area contributed by atoms with Gasteiger partial charge in [0.2, 0.25) is 0 Å². The SMILES string of the molecule is Ic1c2c(ccc3ccccc32)cc2ccc3ccccc3c12. The van der Waals surface area contributed by atoms with E-state index < -0.39 is 0 Å². The molecule has 0 nitrogen and oxygen atoms in total. The molecule has 0 aliphatic heterocycles. The summed E-state index contributed by atoms with van der Waals surface area (Å²) in [5.74, 6) is 0. The lowest BCUT2D eigenvalue weighted by molar-refractivity contribution is 1.76. The lowest BCUT2D eigenvalue weighted by atomic mass is 9.95. The highest BCUT2D eigenvalue weighted by atomic mass is 127. The molecule has 108 valence electrons. The molecule has 0 aromatic heterocycles. The van der Waals surface area contributed by atoms with Gasteiger partial charge in [0, 0.05) is 14.3 Å². The zero-order chi connectivity index (χ0) is 15.4. The maximum Gasteiger partial charge on any atom is 0.0299 e. The van der Waals surface area contributed by atoms with Crippen molar-refractivity contribution >= 4 is 65.7 Å². The molecule has 23 heavy (non-hydrogen) atoms. The van der Waals surface area contributed by atoms with Crippen molar-refractivity contribution in [3.63, 3.8) is 0 Å². The summed E-state index contributed by atoms with van der Waals surface area (Å²) in [7, 11) is 0. The largest absolute Gasteiger partial charge is 0.0616 e.